The SMILES string of the molecule is COc1ccc(C(=O)/C=C\Nc2c(/C=C\c3cc(OC)c(OC)c(OC)c3)ccc(OC)c2O)cc1[N+](=O)[O-]. The summed E-state index contributed by atoms with van der Waals surface area (Å²) in [5, 5.41) is 24.9. The quantitative estimate of drug-likeness (QED) is 0.0780. The Labute approximate surface area is 225 Å². The van der Waals surface area contributed by atoms with Crippen molar-refractivity contribution in [2.45, 2.75) is 0 Å². The smallest absolute Gasteiger partial charge is 0.311 e. The fourth-order valence-corrected chi connectivity index (χ4v) is 3.71. The molecular weight excluding hydrogens is 508 g/mol. The van der Waals surface area contributed by atoms with Crippen LogP contribution in [0.3, 0.4) is 0 Å². The summed E-state index contributed by atoms with van der Waals surface area (Å²) in [5.74, 6) is 1.00. The Hall–Kier alpha value is -5.19. The average molecular weight is 537 g/mol. The number of hydrogen-bond acceptors (Lipinski definition) is 10. The molecule has 0 amide bonds. The van der Waals surface area contributed by atoms with Gasteiger partial charge in [-0.15, -0.1) is 0 Å². The third kappa shape index (κ3) is 6.39. The zero-order valence-corrected chi connectivity index (χ0v) is 22.0. The molecule has 0 saturated heterocycles. The monoisotopic (exact) mass is 536 g/mol. The minimum absolute atomic E-state index is 0.0449. The van der Waals surface area contributed by atoms with Crippen LogP contribution in [0.25, 0.3) is 12.2 Å². The summed E-state index contributed by atoms with van der Waals surface area (Å²) >= 11 is 0. The largest absolute Gasteiger partial charge is 0.503 e. The molecule has 2 N–H and O–H groups in total. The van der Waals surface area contributed by atoms with Crippen molar-refractivity contribution >= 4 is 29.3 Å². The van der Waals surface area contributed by atoms with E-state index in [9.17, 15) is 20.0 Å². The van der Waals surface area contributed by atoms with Crippen LogP contribution in [0.1, 0.15) is 21.5 Å². The van der Waals surface area contributed by atoms with Gasteiger partial charge in [-0.2, -0.15) is 0 Å². The van der Waals surface area contributed by atoms with Gasteiger partial charge in [-0.05, 0) is 42.0 Å². The lowest BCUT2D eigenvalue weighted by Crippen LogP contribution is -2.00. The minimum Gasteiger partial charge on any atom is -0.503 e. The Morgan fingerprint density at radius 2 is 1.46 bits per heavy atom. The van der Waals surface area contributed by atoms with E-state index in [2.05, 4.69) is 5.32 Å². The molecular formula is C28H28N2O9. The number of phenols is 1. The van der Waals surface area contributed by atoms with E-state index in [0.717, 1.165) is 11.6 Å². The van der Waals surface area contributed by atoms with E-state index in [1.54, 1.807) is 36.4 Å². The zero-order valence-electron chi connectivity index (χ0n) is 22.0. The van der Waals surface area contributed by atoms with Gasteiger partial charge in [0.15, 0.2) is 34.5 Å². The highest BCUT2D eigenvalue weighted by atomic mass is 16.6. The second-order valence-electron chi connectivity index (χ2n) is 7.86. The molecule has 3 rings (SSSR count). The van der Waals surface area contributed by atoms with Crippen molar-refractivity contribution in [3.63, 3.8) is 0 Å². The Balaban J connectivity index is 1.91. The molecule has 11 heteroatoms. The van der Waals surface area contributed by atoms with Crippen LogP contribution < -0.4 is 29.0 Å². The number of carbonyl (C=O) groups is 1. The molecule has 0 spiro atoms. The lowest BCUT2D eigenvalue weighted by molar-refractivity contribution is -0.385. The van der Waals surface area contributed by atoms with Crippen LogP contribution in [0.15, 0.2) is 54.7 Å². The molecule has 0 aliphatic carbocycles. The van der Waals surface area contributed by atoms with Crippen molar-refractivity contribution in [3.8, 4) is 34.5 Å². The molecule has 0 heterocycles. The number of allylic oxidation sites excluding steroid dienone is 1. The lowest BCUT2D eigenvalue weighted by atomic mass is 10.1. The zero-order chi connectivity index (χ0) is 28.5. The van der Waals surface area contributed by atoms with Gasteiger partial charge in [0.2, 0.25) is 5.75 Å². The molecule has 0 aliphatic rings. The number of rotatable bonds is 12. The van der Waals surface area contributed by atoms with Gasteiger partial charge in [-0.25, -0.2) is 0 Å². The van der Waals surface area contributed by atoms with E-state index in [1.165, 1.54) is 60.0 Å². The molecule has 0 unspecified atom stereocenters. The molecule has 0 atom stereocenters. The normalized spacial score (nSPS) is 10.9. The van der Waals surface area contributed by atoms with E-state index >= 15 is 0 Å². The summed E-state index contributed by atoms with van der Waals surface area (Å²) in [6.07, 6.45) is 6.04. The average Bonchev–Trinajstić information content (AvgIpc) is 2.95. The number of aromatic hydroxyl groups is 1. The summed E-state index contributed by atoms with van der Waals surface area (Å²) < 4.78 is 26.3. The van der Waals surface area contributed by atoms with Gasteiger partial charge in [-0.3, -0.25) is 14.9 Å². The second-order valence-corrected chi connectivity index (χ2v) is 7.86. The van der Waals surface area contributed by atoms with Gasteiger partial charge in [0.25, 0.3) is 0 Å². The van der Waals surface area contributed by atoms with Gasteiger partial charge in [0.05, 0.1) is 46.2 Å². The molecule has 3 aromatic carbocycles. The lowest BCUT2D eigenvalue weighted by Gasteiger charge is -2.13. The van der Waals surface area contributed by atoms with Crippen molar-refractivity contribution in [2.24, 2.45) is 0 Å². The maximum absolute atomic E-state index is 12.7. The molecule has 0 fully saturated rings. The number of nitro benzene ring substituents is 1. The summed E-state index contributed by atoms with van der Waals surface area (Å²) in [6, 6.07) is 10.8. The number of nitrogens with zero attached hydrogens (tertiary/aromatic N) is 1. The van der Waals surface area contributed by atoms with Crippen LogP contribution in [-0.4, -0.2) is 51.4 Å². The number of carbonyl (C=O) groups excluding carboxylic acids is 1. The van der Waals surface area contributed by atoms with Crippen LogP contribution in [0.4, 0.5) is 11.4 Å². The molecule has 3 aromatic rings. The number of phenolic OH excluding ortho intramolecular Hbond substituents is 1. The van der Waals surface area contributed by atoms with Crippen LogP contribution in [0.5, 0.6) is 34.5 Å². The highest BCUT2D eigenvalue weighted by Crippen LogP contribution is 2.40. The summed E-state index contributed by atoms with van der Waals surface area (Å²) in [4.78, 5) is 23.3. The molecule has 39 heavy (non-hydrogen) atoms. The van der Waals surface area contributed by atoms with Gasteiger partial charge < -0.3 is 34.1 Å². The van der Waals surface area contributed by atoms with E-state index in [4.69, 9.17) is 23.7 Å². The summed E-state index contributed by atoms with van der Waals surface area (Å²) in [7, 11) is 7.28. The number of nitro groups is 1. The number of ketones is 1. The van der Waals surface area contributed by atoms with Crippen molar-refractivity contribution < 1.29 is 38.5 Å². The minimum atomic E-state index is -0.627. The first-order valence-corrected chi connectivity index (χ1v) is 11.5. The first-order valence-electron chi connectivity index (χ1n) is 11.5. The van der Waals surface area contributed by atoms with Gasteiger partial charge in [-0.1, -0.05) is 12.2 Å². The van der Waals surface area contributed by atoms with Crippen molar-refractivity contribution in [1.29, 1.82) is 0 Å². The van der Waals surface area contributed by atoms with Crippen LogP contribution in [-0.2, 0) is 0 Å². The third-order valence-electron chi connectivity index (χ3n) is 5.66. The highest BCUT2D eigenvalue weighted by molar-refractivity contribution is 6.05. The molecule has 11 nitrogen and oxygen atoms in total. The van der Waals surface area contributed by atoms with Crippen molar-refractivity contribution in [1.82, 2.24) is 0 Å². The molecule has 0 aliphatic heterocycles. The summed E-state index contributed by atoms with van der Waals surface area (Å²) in [6.45, 7) is 0. The van der Waals surface area contributed by atoms with Gasteiger partial charge in [0.1, 0.15) is 0 Å². The molecule has 0 radical (unpaired) electrons. The van der Waals surface area contributed by atoms with Gasteiger partial charge in [0, 0.05) is 29.5 Å². The highest BCUT2D eigenvalue weighted by Gasteiger charge is 2.18. The predicted molar refractivity (Wildman–Crippen MR) is 146 cm³/mol. The molecule has 0 bridgehead atoms. The van der Waals surface area contributed by atoms with E-state index < -0.39 is 10.7 Å². The maximum Gasteiger partial charge on any atom is 0.311 e. The number of benzene rings is 3. The Morgan fingerprint density at radius 1 is 0.846 bits per heavy atom. The van der Waals surface area contributed by atoms with Crippen LogP contribution >= 0.6 is 0 Å². The van der Waals surface area contributed by atoms with Crippen molar-refractivity contribution in [2.75, 3.05) is 40.9 Å². The topological polar surface area (TPSA) is 139 Å². The standard InChI is InChI=1S/C28H28N2O9/c1-35-22-10-9-19(16-20(22)30(33)34)21(31)12-13-29-26-18(8-11-23(36-2)27(26)32)7-6-17-14-24(37-3)28(39-5)25(15-17)38-4/h6-16,29,32H,1-5H3/b7-6-,13-12-. The maximum atomic E-state index is 12.7. The summed E-state index contributed by atoms with van der Waals surface area (Å²) in [5.41, 5.74) is 1.34. The van der Waals surface area contributed by atoms with E-state index in [0.29, 0.717) is 22.8 Å². The van der Waals surface area contributed by atoms with Crippen LogP contribution in [0.2, 0.25) is 0 Å². The van der Waals surface area contributed by atoms with E-state index in [1.807, 2.05) is 0 Å². The number of hydrogen-bond donors (Lipinski definition) is 2. The Bertz CT molecular complexity index is 1410. The fourth-order valence-electron chi connectivity index (χ4n) is 3.71. The van der Waals surface area contributed by atoms with E-state index in [-0.39, 0.29) is 34.2 Å². The molecule has 0 aromatic heterocycles. The predicted octanol–water partition coefficient (Wildman–Crippen LogP) is 5.32. The molecule has 204 valence electrons. The second kappa shape index (κ2) is 12.9. The number of ether oxygens (including phenoxy) is 5. The fraction of sp³-hybridized carbons (Fsp3) is 0.179. The molecule has 0 saturated carbocycles. The number of methoxy groups -OCH3 is 5. The van der Waals surface area contributed by atoms with Crippen LogP contribution in [0, 0.1) is 10.1 Å². The van der Waals surface area contributed by atoms with Gasteiger partial charge >= 0.3 is 5.69 Å². The Morgan fingerprint density at radius 3 is 2.03 bits per heavy atom. The third-order valence-corrected chi connectivity index (χ3v) is 5.66. The van der Waals surface area contributed by atoms with Crippen molar-refractivity contribution in [3.05, 3.63) is 81.5 Å². The number of anilines is 1. The first kappa shape index (κ1) is 28.4. The Kier molecular flexibility index (Phi) is 9.36. The first-order chi connectivity index (χ1) is 18.8. The number of nitrogens with one attached hydrogen (secondary N) is 1.